The standard InChI is InChI=1S/C22H26F2N2O4S/c1-14-8-9-20(15-6-4-3-5-7-15)31(29,30)26(14)12-16-10-19(24)17(11-18(16)23)22(2,13-27)21(25)28/h3-7,10-11,14,20,27H,8-9,12-13H2,1-2H3,(H2,25,28)/t14-,20+,22+/m0/s1. The second-order valence-corrected chi connectivity index (χ2v) is 10.3. The van der Waals surface area contributed by atoms with Crippen LogP contribution in [-0.4, -0.2) is 36.4 Å². The molecular weight excluding hydrogens is 426 g/mol. The van der Waals surface area contributed by atoms with E-state index in [-0.39, 0.29) is 23.7 Å². The molecule has 0 aliphatic carbocycles. The van der Waals surface area contributed by atoms with Crippen LogP contribution in [0.2, 0.25) is 0 Å². The van der Waals surface area contributed by atoms with Gasteiger partial charge < -0.3 is 10.8 Å². The van der Waals surface area contributed by atoms with E-state index in [9.17, 15) is 27.1 Å². The van der Waals surface area contributed by atoms with Crippen LogP contribution in [0.25, 0.3) is 0 Å². The molecule has 168 valence electrons. The molecular formula is C22H26F2N2O4S. The van der Waals surface area contributed by atoms with E-state index in [0.717, 1.165) is 12.1 Å². The Kier molecular flexibility index (Phi) is 6.50. The first-order chi connectivity index (χ1) is 14.5. The molecule has 9 heteroatoms. The number of nitrogens with two attached hydrogens (primary N) is 1. The van der Waals surface area contributed by atoms with Gasteiger partial charge in [0.25, 0.3) is 0 Å². The number of hydrogen-bond acceptors (Lipinski definition) is 4. The monoisotopic (exact) mass is 452 g/mol. The van der Waals surface area contributed by atoms with Crippen molar-refractivity contribution in [2.24, 2.45) is 5.73 Å². The van der Waals surface area contributed by atoms with Crippen LogP contribution in [0, 0.1) is 11.6 Å². The second-order valence-electron chi connectivity index (χ2n) is 8.19. The van der Waals surface area contributed by atoms with Crippen molar-refractivity contribution in [1.29, 1.82) is 0 Å². The lowest BCUT2D eigenvalue weighted by Gasteiger charge is -2.37. The number of sulfonamides is 1. The first-order valence-corrected chi connectivity index (χ1v) is 11.5. The van der Waals surface area contributed by atoms with Crippen LogP contribution in [0.3, 0.4) is 0 Å². The highest BCUT2D eigenvalue weighted by Gasteiger charge is 2.41. The van der Waals surface area contributed by atoms with Crippen molar-refractivity contribution >= 4 is 15.9 Å². The van der Waals surface area contributed by atoms with Crippen LogP contribution >= 0.6 is 0 Å². The number of nitrogens with zero attached hydrogens (tertiary/aromatic N) is 1. The van der Waals surface area contributed by atoms with Crippen LogP contribution in [0.4, 0.5) is 8.78 Å². The van der Waals surface area contributed by atoms with Crippen molar-refractivity contribution in [3.8, 4) is 0 Å². The zero-order valence-corrected chi connectivity index (χ0v) is 18.2. The molecule has 1 heterocycles. The van der Waals surface area contributed by atoms with Crippen molar-refractivity contribution < 1.29 is 27.1 Å². The lowest BCUT2D eigenvalue weighted by molar-refractivity contribution is -0.124. The third-order valence-corrected chi connectivity index (χ3v) is 8.48. The topological polar surface area (TPSA) is 101 Å². The van der Waals surface area contributed by atoms with Gasteiger partial charge in [0.15, 0.2) is 0 Å². The van der Waals surface area contributed by atoms with Crippen molar-refractivity contribution in [2.45, 2.75) is 49.9 Å². The minimum Gasteiger partial charge on any atom is -0.395 e. The summed E-state index contributed by atoms with van der Waals surface area (Å²) in [6.45, 7) is 1.81. The minimum absolute atomic E-state index is 0.157. The Morgan fingerprint density at radius 2 is 1.84 bits per heavy atom. The van der Waals surface area contributed by atoms with E-state index in [2.05, 4.69) is 0 Å². The number of aliphatic hydroxyl groups is 1. The summed E-state index contributed by atoms with van der Waals surface area (Å²) >= 11 is 0. The van der Waals surface area contributed by atoms with Gasteiger partial charge in [-0.3, -0.25) is 4.79 Å². The second kappa shape index (κ2) is 8.64. The number of aliphatic hydroxyl groups excluding tert-OH is 1. The van der Waals surface area contributed by atoms with Gasteiger partial charge in [0.1, 0.15) is 16.9 Å². The van der Waals surface area contributed by atoms with Crippen molar-refractivity contribution in [2.75, 3.05) is 6.61 Å². The van der Waals surface area contributed by atoms with E-state index < -0.39 is 44.8 Å². The molecule has 0 saturated carbocycles. The maximum atomic E-state index is 14.9. The number of carbonyl (C=O) groups excluding carboxylic acids is 1. The summed E-state index contributed by atoms with van der Waals surface area (Å²) < 4.78 is 57.5. The molecule has 31 heavy (non-hydrogen) atoms. The van der Waals surface area contributed by atoms with Crippen molar-refractivity contribution in [3.05, 3.63) is 70.8 Å². The minimum atomic E-state index is -3.82. The smallest absolute Gasteiger partial charge is 0.230 e. The van der Waals surface area contributed by atoms with Gasteiger partial charge in [-0.05, 0) is 44.4 Å². The summed E-state index contributed by atoms with van der Waals surface area (Å²) in [5, 5.41) is 8.76. The Hall–Kier alpha value is -2.36. The van der Waals surface area contributed by atoms with Gasteiger partial charge in [-0.15, -0.1) is 0 Å². The first-order valence-electron chi connectivity index (χ1n) is 9.97. The number of hydrogen-bond donors (Lipinski definition) is 2. The maximum absolute atomic E-state index is 14.9. The number of primary amides is 1. The summed E-state index contributed by atoms with van der Waals surface area (Å²) in [7, 11) is -3.82. The van der Waals surface area contributed by atoms with E-state index in [0.29, 0.717) is 18.4 Å². The molecule has 1 fully saturated rings. The van der Waals surface area contributed by atoms with Crippen LogP contribution < -0.4 is 5.73 Å². The van der Waals surface area contributed by atoms with E-state index in [1.165, 1.54) is 11.2 Å². The molecule has 3 atom stereocenters. The Morgan fingerprint density at radius 1 is 1.19 bits per heavy atom. The fraction of sp³-hybridized carbons (Fsp3) is 0.409. The SMILES string of the molecule is C[C@H]1CC[C@H](c2ccccc2)S(=O)(=O)N1Cc1cc(F)c([C@@](C)(CO)C(N)=O)cc1F. The van der Waals surface area contributed by atoms with E-state index in [1.807, 2.05) is 0 Å². The van der Waals surface area contributed by atoms with Crippen LogP contribution in [0.15, 0.2) is 42.5 Å². The molecule has 1 amide bonds. The molecule has 0 spiro atoms. The normalized spacial score (nSPS) is 23.3. The van der Waals surface area contributed by atoms with Gasteiger partial charge in [0.2, 0.25) is 15.9 Å². The summed E-state index contributed by atoms with van der Waals surface area (Å²) in [6, 6.07) is 10.1. The third kappa shape index (κ3) is 4.22. The molecule has 2 aromatic carbocycles. The fourth-order valence-electron chi connectivity index (χ4n) is 3.95. The lowest BCUT2D eigenvalue weighted by atomic mass is 9.81. The Morgan fingerprint density at radius 3 is 2.42 bits per heavy atom. The van der Waals surface area contributed by atoms with Crippen LogP contribution in [0.1, 0.15) is 48.6 Å². The first kappa shape index (κ1) is 23.3. The Bertz CT molecular complexity index is 1080. The van der Waals surface area contributed by atoms with Gasteiger partial charge in [0.05, 0.1) is 12.0 Å². The van der Waals surface area contributed by atoms with Gasteiger partial charge in [0, 0.05) is 23.7 Å². The van der Waals surface area contributed by atoms with Gasteiger partial charge in [-0.1, -0.05) is 30.3 Å². The fourth-order valence-corrected chi connectivity index (χ4v) is 6.14. The van der Waals surface area contributed by atoms with E-state index in [4.69, 9.17) is 5.73 Å². The molecule has 1 saturated heterocycles. The predicted octanol–water partition coefficient (Wildman–Crippen LogP) is 2.76. The molecule has 2 aromatic rings. The summed E-state index contributed by atoms with van der Waals surface area (Å²) in [4.78, 5) is 11.7. The third-order valence-electron chi connectivity index (χ3n) is 6.11. The molecule has 3 rings (SSSR count). The zero-order valence-electron chi connectivity index (χ0n) is 17.4. The number of rotatable bonds is 6. The molecule has 0 bridgehead atoms. The van der Waals surface area contributed by atoms with E-state index in [1.54, 1.807) is 37.3 Å². The van der Waals surface area contributed by atoms with Gasteiger partial charge >= 0.3 is 0 Å². The Labute approximate surface area is 180 Å². The zero-order chi connectivity index (χ0) is 23.0. The average Bonchev–Trinajstić information content (AvgIpc) is 2.72. The summed E-state index contributed by atoms with van der Waals surface area (Å²) in [5.41, 5.74) is 3.59. The predicted molar refractivity (Wildman–Crippen MR) is 112 cm³/mol. The molecule has 0 aromatic heterocycles. The highest BCUT2D eigenvalue weighted by Crippen LogP contribution is 2.38. The molecule has 0 radical (unpaired) electrons. The molecule has 1 aliphatic heterocycles. The largest absolute Gasteiger partial charge is 0.395 e. The van der Waals surface area contributed by atoms with E-state index >= 15 is 0 Å². The number of carbonyl (C=O) groups is 1. The number of amides is 1. The van der Waals surface area contributed by atoms with Gasteiger partial charge in [-0.25, -0.2) is 17.2 Å². The summed E-state index contributed by atoms with van der Waals surface area (Å²) in [6.07, 6.45) is 1.01. The molecule has 6 nitrogen and oxygen atoms in total. The molecule has 0 unspecified atom stereocenters. The molecule has 3 N–H and O–H groups in total. The highest BCUT2D eigenvalue weighted by molar-refractivity contribution is 7.89. The van der Waals surface area contributed by atoms with Crippen molar-refractivity contribution in [3.63, 3.8) is 0 Å². The number of benzene rings is 2. The van der Waals surface area contributed by atoms with Gasteiger partial charge in [-0.2, -0.15) is 4.31 Å². The van der Waals surface area contributed by atoms with Crippen molar-refractivity contribution in [1.82, 2.24) is 4.31 Å². The Balaban J connectivity index is 1.97. The highest BCUT2D eigenvalue weighted by atomic mass is 32.2. The summed E-state index contributed by atoms with van der Waals surface area (Å²) in [5.74, 6) is -2.81. The maximum Gasteiger partial charge on any atom is 0.230 e. The number of halogens is 2. The average molecular weight is 453 g/mol. The quantitative estimate of drug-likeness (QED) is 0.704. The van der Waals surface area contributed by atoms with Crippen LogP contribution in [0.5, 0.6) is 0 Å². The molecule has 1 aliphatic rings. The van der Waals surface area contributed by atoms with Crippen LogP contribution in [-0.2, 0) is 26.8 Å². The lowest BCUT2D eigenvalue weighted by Crippen LogP contribution is -2.45.